The molecule has 0 aliphatic carbocycles. The fraction of sp³-hybridized carbons (Fsp3) is 0.929. The molecule has 0 spiro atoms. The standard InChI is InChI=1S/C12H23NO2.C2H6/c1-4-5-6-7-8-10(2)11-9-13(3)12(14)15-11;1-2/h10-11H,4-9H2,1-3H3;1-2H3. The van der Waals surface area contributed by atoms with Gasteiger partial charge in [0.25, 0.3) is 0 Å². The average Bonchev–Trinajstić information content (AvgIpc) is 2.68. The Kier molecular flexibility index (Phi) is 8.92. The van der Waals surface area contributed by atoms with E-state index in [9.17, 15) is 4.79 Å². The summed E-state index contributed by atoms with van der Waals surface area (Å²) in [5, 5.41) is 0. The van der Waals surface area contributed by atoms with Gasteiger partial charge in [-0.25, -0.2) is 4.79 Å². The number of rotatable bonds is 6. The smallest absolute Gasteiger partial charge is 0.409 e. The Balaban J connectivity index is 0.00000121. The molecular formula is C14H29NO2. The summed E-state index contributed by atoms with van der Waals surface area (Å²) < 4.78 is 5.28. The molecule has 2 unspecified atom stereocenters. The first-order valence-electron chi connectivity index (χ1n) is 7.07. The molecule has 1 fully saturated rings. The second-order valence-electron chi connectivity index (χ2n) is 4.63. The monoisotopic (exact) mass is 243 g/mol. The Morgan fingerprint density at radius 2 is 2.00 bits per heavy atom. The van der Waals surface area contributed by atoms with E-state index in [1.165, 1.54) is 32.1 Å². The van der Waals surface area contributed by atoms with Gasteiger partial charge in [-0.05, 0) is 12.3 Å². The minimum Gasteiger partial charge on any atom is -0.444 e. The van der Waals surface area contributed by atoms with E-state index in [1.807, 2.05) is 13.8 Å². The maximum Gasteiger partial charge on any atom is 0.409 e. The van der Waals surface area contributed by atoms with Gasteiger partial charge in [0.15, 0.2) is 0 Å². The molecule has 1 saturated heterocycles. The fourth-order valence-corrected chi connectivity index (χ4v) is 1.98. The molecule has 1 aliphatic heterocycles. The summed E-state index contributed by atoms with van der Waals surface area (Å²) in [6, 6.07) is 0. The number of amides is 1. The molecular weight excluding hydrogens is 214 g/mol. The van der Waals surface area contributed by atoms with Crippen molar-refractivity contribution in [2.24, 2.45) is 5.92 Å². The summed E-state index contributed by atoms with van der Waals surface area (Å²) in [7, 11) is 1.80. The zero-order valence-electron chi connectivity index (χ0n) is 12.2. The topological polar surface area (TPSA) is 29.5 Å². The average molecular weight is 243 g/mol. The van der Waals surface area contributed by atoms with Crippen molar-refractivity contribution < 1.29 is 9.53 Å². The third kappa shape index (κ3) is 5.94. The van der Waals surface area contributed by atoms with Crippen LogP contribution in [0.3, 0.4) is 0 Å². The molecule has 0 N–H and O–H groups in total. The number of carbonyl (C=O) groups excluding carboxylic acids is 1. The second-order valence-corrected chi connectivity index (χ2v) is 4.63. The molecule has 3 nitrogen and oxygen atoms in total. The van der Waals surface area contributed by atoms with Crippen molar-refractivity contribution in [3.63, 3.8) is 0 Å². The van der Waals surface area contributed by atoms with Gasteiger partial charge in [-0.1, -0.05) is 53.4 Å². The van der Waals surface area contributed by atoms with Gasteiger partial charge in [0.05, 0.1) is 6.54 Å². The van der Waals surface area contributed by atoms with Crippen LogP contribution in [0.15, 0.2) is 0 Å². The van der Waals surface area contributed by atoms with Crippen molar-refractivity contribution in [2.45, 2.75) is 65.9 Å². The molecule has 1 heterocycles. The highest BCUT2D eigenvalue weighted by Gasteiger charge is 2.31. The highest BCUT2D eigenvalue weighted by atomic mass is 16.6. The Labute approximate surface area is 107 Å². The van der Waals surface area contributed by atoms with Crippen LogP contribution in [0, 0.1) is 5.92 Å². The molecule has 17 heavy (non-hydrogen) atoms. The van der Waals surface area contributed by atoms with E-state index in [0.29, 0.717) is 5.92 Å². The maximum atomic E-state index is 11.2. The van der Waals surface area contributed by atoms with Crippen molar-refractivity contribution in [3.8, 4) is 0 Å². The number of carbonyl (C=O) groups is 1. The van der Waals surface area contributed by atoms with Crippen LogP contribution in [0.25, 0.3) is 0 Å². The Bertz CT molecular complexity index is 206. The number of cyclic esters (lactones) is 1. The minimum atomic E-state index is -0.166. The van der Waals surface area contributed by atoms with Gasteiger partial charge in [-0.3, -0.25) is 0 Å². The lowest BCUT2D eigenvalue weighted by atomic mass is 9.97. The number of ether oxygens (including phenoxy) is 1. The van der Waals surface area contributed by atoms with Crippen molar-refractivity contribution in [1.29, 1.82) is 0 Å². The summed E-state index contributed by atoms with van der Waals surface area (Å²) in [4.78, 5) is 12.8. The highest BCUT2D eigenvalue weighted by Crippen LogP contribution is 2.21. The first-order valence-corrected chi connectivity index (χ1v) is 7.07. The summed E-state index contributed by atoms with van der Waals surface area (Å²) in [6.07, 6.45) is 6.27. The largest absolute Gasteiger partial charge is 0.444 e. The van der Waals surface area contributed by atoms with E-state index in [-0.39, 0.29) is 12.2 Å². The summed E-state index contributed by atoms with van der Waals surface area (Å²) in [6.45, 7) is 9.16. The first-order chi connectivity index (χ1) is 8.15. The highest BCUT2D eigenvalue weighted by molar-refractivity contribution is 5.69. The van der Waals surface area contributed by atoms with Gasteiger partial charge in [0.1, 0.15) is 6.10 Å². The number of hydrogen-bond acceptors (Lipinski definition) is 2. The minimum absolute atomic E-state index is 0.115. The van der Waals surface area contributed by atoms with E-state index in [1.54, 1.807) is 11.9 Å². The van der Waals surface area contributed by atoms with Crippen LogP contribution >= 0.6 is 0 Å². The number of likely N-dealkylation sites (N-methyl/N-ethyl adjacent to an activating group) is 1. The van der Waals surface area contributed by atoms with Crippen LogP contribution in [0.5, 0.6) is 0 Å². The van der Waals surface area contributed by atoms with Crippen molar-refractivity contribution >= 4 is 6.09 Å². The Morgan fingerprint density at radius 3 is 2.47 bits per heavy atom. The summed E-state index contributed by atoms with van der Waals surface area (Å²) >= 11 is 0. The summed E-state index contributed by atoms with van der Waals surface area (Å²) in [5.41, 5.74) is 0. The van der Waals surface area contributed by atoms with Crippen molar-refractivity contribution in [2.75, 3.05) is 13.6 Å². The molecule has 0 aromatic rings. The molecule has 102 valence electrons. The van der Waals surface area contributed by atoms with E-state index < -0.39 is 0 Å². The van der Waals surface area contributed by atoms with Crippen LogP contribution in [0.4, 0.5) is 4.79 Å². The Hall–Kier alpha value is -0.730. The van der Waals surface area contributed by atoms with E-state index >= 15 is 0 Å². The lowest BCUT2D eigenvalue weighted by molar-refractivity contribution is 0.104. The van der Waals surface area contributed by atoms with Gasteiger partial charge in [-0.15, -0.1) is 0 Å². The number of unbranched alkanes of at least 4 members (excludes halogenated alkanes) is 3. The predicted octanol–water partition coefficient (Wildman–Crippen LogP) is 4.07. The second kappa shape index (κ2) is 9.32. The van der Waals surface area contributed by atoms with Crippen LogP contribution in [-0.4, -0.2) is 30.7 Å². The fourth-order valence-electron chi connectivity index (χ4n) is 1.98. The van der Waals surface area contributed by atoms with Gasteiger partial charge in [-0.2, -0.15) is 0 Å². The third-order valence-corrected chi connectivity index (χ3v) is 3.17. The van der Waals surface area contributed by atoms with E-state index in [0.717, 1.165) is 6.54 Å². The van der Waals surface area contributed by atoms with Crippen LogP contribution in [0.2, 0.25) is 0 Å². The normalized spacial score (nSPS) is 20.6. The quantitative estimate of drug-likeness (QED) is 0.658. The zero-order valence-corrected chi connectivity index (χ0v) is 12.2. The van der Waals surface area contributed by atoms with Crippen LogP contribution in [-0.2, 0) is 4.74 Å². The molecule has 1 amide bonds. The lowest BCUT2D eigenvalue weighted by Gasteiger charge is -2.16. The van der Waals surface area contributed by atoms with Crippen LogP contribution in [0.1, 0.15) is 59.8 Å². The molecule has 0 bridgehead atoms. The maximum absolute atomic E-state index is 11.2. The van der Waals surface area contributed by atoms with Gasteiger partial charge in [0, 0.05) is 7.05 Å². The van der Waals surface area contributed by atoms with Gasteiger partial charge in [0.2, 0.25) is 0 Å². The first kappa shape index (κ1) is 16.3. The Morgan fingerprint density at radius 1 is 1.35 bits per heavy atom. The molecule has 2 atom stereocenters. The van der Waals surface area contributed by atoms with E-state index in [2.05, 4.69) is 13.8 Å². The predicted molar refractivity (Wildman–Crippen MR) is 72.2 cm³/mol. The van der Waals surface area contributed by atoms with Crippen LogP contribution < -0.4 is 0 Å². The molecule has 0 aromatic heterocycles. The molecule has 0 radical (unpaired) electrons. The third-order valence-electron chi connectivity index (χ3n) is 3.17. The zero-order chi connectivity index (χ0) is 13.3. The van der Waals surface area contributed by atoms with Crippen molar-refractivity contribution in [3.05, 3.63) is 0 Å². The molecule has 0 aromatic carbocycles. The van der Waals surface area contributed by atoms with Gasteiger partial charge < -0.3 is 9.64 Å². The summed E-state index contributed by atoms with van der Waals surface area (Å²) in [5.74, 6) is 0.496. The van der Waals surface area contributed by atoms with Crippen molar-refractivity contribution in [1.82, 2.24) is 4.90 Å². The molecule has 3 heteroatoms. The molecule has 0 saturated carbocycles. The number of hydrogen-bond donors (Lipinski definition) is 0. The molecule has 1 rings (SSSR count). The number of nitrogens with zero attached hydrogens (tertiary/aromatic N) is 1. The molecule has 1 aliphatic rings. The van der Waals surface area contributed by atoms with E-state index in [4.69, 9.17) is 4.74 Å². The van der Waals surface area contributed by atoms with Gasteiger partial charge >= 0.3 is 6.09 Å². The SMILES string of the molecule is CC.CCCCCCC(C)C1CN(C)C(=O)O1. The lowest BCUT2D eigenvalue weighted by Crippen LogP contribution is -2.23.